The number of carbonyl (C=O) groups excluding carboxylic acids is 1. The molecule has 0 atom stereocenters. The van der Waals surface area contributed by atoms with Gasteiger partial charge in [-0.3, -0.25) is 4.79 Å². The van der Waals surface area contributed by atoms with E-state index in [-0.39, 0.29) is 5.78 Å². The molecule has 1 nitrogen and oxygen atoms in total. The summed E-state index contributed by atoms with van der Waals surface area (Å²) in [6.07, 6.45) is 0. The molecule has 0 aromatic heterocycles. The molecule has 0 amide bonds. The van der Waals surface area contributed by atoms with Crippen LogP contribution in [0.1, 0.15) is 17.3 Å². The first-order valence-electron chi connectivity index (χ1n) is 4.70. The Kier molecular flexibility index (Phi) is 3.42. The summed E-state index contributed by atoms with van der Waals surface area (Å²) in [4.78, 5) is 11.6. The fourth-order valence-corrected chi connectivity index (χ4v) is 3.02. The van der Waals surface area contributed by atoms with E-state index >= 15 is 0 Å². The number of hydrogen-bond acceptors (Lipinski definition) is 1. The van der Waals surface area contributed by atoms with E-state index in [2.05, 4.69) is 32.2 Å². The van der Waals surface area contributed by atoms with Gasteiger partial charge >= 0.3 is 0 Å². The minimum Gasteiger partial charge on any atom is -0.294 e. The van der Waals surface area contributed by atoms with Gasteiger partial charge in [0, 0.05) is 15.1 Å². The van der Waals surface area contributed by atoms with Crippen LogP contribution in [0.5, 0.6) is 0 Å². The lowest BCUT2D eigenvalue weighted by Gasteiger charge is -2.12. The van der Waals surface area contributed by atoms with E-state index in [1.165, 1.54) is 6.92 Å². The SMILES string of the molecule is CC(=O)c1c(Cl)[c]([Al])c(Br)c2ccccc12. The molecule has 0 bridgehead atoms. The third kappa shape index (κ3) is 1.83. The number of ketones is 1. The van der Waals surface area contributed by atoms with Gasteiger partial charge in [-0.15, -0.1) is 4.43 Å². The van der Waals surface area contributed by atoms with Crippen LogP contribution >= 0.6 is 27.5 Å². The van der Waals surface area contributed by atoms with Crippen LogP contribution in [0.15, 0.2) is 28.7 Å². The molecule has 0 saturated heterocycles. The molecule has 0 spiro atoms. The standard InChI is InChI=1S/C12H7BrClO.Al/c1-7(15)12-9-5-3-2-4-8(9)10(13)6-11(12)14;/h2-5H,1H3;. The molecule has 0 aliphatic heterocycles. The summed E-state index contributed by atoms with van der Waals surface area (Å²) in [6.45, 7) is 1.53. The maximum absolute atomic E-state index is 11.6. The monoisotopic (exact) mass is 308 g/mol. The first-order chi connectivity index (χ1) is 7.54. The van der Waals surface area contributed by atoms with E-state index in [1.54, 1.807) is 0 Å². The Bertz CT molecular complexity index is 595. The van der Waals surface area contributed by atoms with Gasteiger partial charge in [0.25, 0.3) is 0 Å². The summed E-state index contributed by atoms with van der Waals surface area (Å²) >= 11 is 12.3. The Morgan fingerprint density at radius 2 is 1.88 bits per heavy atom. The van der Waals surface area contributed by atoms with Gasteiger partial charge in [-0.25, -0.2) is 0 Å². The molecule has 4 heteroatoms. The number of Topliss-reactive ketones (excluding diaryl/α,β-unsaturated/α-hetero) is 1. The summed E-state index contributed by atoms with van der Waals surface area (Å²) in [7, 11) is 0. The number of hydrogen-bond donors (Lipinski definition) is 0. The second kappa shape index (κ2) is 4.51. The highest BCUT2D eigenvalue weighted by molar-refractivity contribution is 9.10. The number of halogens is 2. The van der Waals surface area contributed by atoms with Crippen LogP contribution in [0, 0.1) is 0 Å². The molecule has 16 heavy (non-hydrogen) atoms. The molecule has 2 aromatic rings. The molecule has 0 heterocycles. The Hall–Kier alpha value is -0.328. The summed E-state index contributed by atoms with van der Waals surface area (Å²) in [5.41, 5.74) is 0.588. The molecule has 0 aliphatic carbocycles. The third-order valence-electron chi connectivity index (χ3n) is 2.48. The zero-order chi connectivity index (χ0) is 11.9. The maximum Gasteiger partial charge on any atom is 0.180 e. The van der Waals surface area contributed by atoms with E-state index in [1.807, 2.05) is 24.3 Å². The van der Waals surface area contributed by atoms with Crippen LogP contribution in [-0.4, -0.2) is 22.1 Å². The quantitative estimate of drug-likeness (QED) is 0.584. The number of fused-ring (bicyclic) bond motifs is 1. The average Bonchev–Trinajstić information content (AvgIpc) is 2.26. The summed E-state index contributed by atoms with van der Waals surface area (Å²) < 4.78 is 1.74. The fraction of sp³-hybridized carbons (Fsp3) is 0.0833. The number of carbonyl (C=O) groups is 1. The van der Waals surface area contributed by atoms with Crippen molar-refractivity contribution < 1.29 is 4.79 Å². The molecule has 2 rings (SSSR count). The molecular weight excluding hydrogens is 302 g/mol. The minimum atomic E-state index is -0.0163. The first kappa shape index (κ1) is 12.1. The predicted molar refractivity (Wildman–Crippen MR) is 72.1 cm³/mol. The van der Waals surface area contributed by atoms with Crippen molar-refractivity contribution in [2.75, 3.05) is 0 Å². The molecule has 2 radical (unpaired) electrons. The third-order valence-corrected chi connectivity index (χ3v) is 4.91. The van der Waals surface area contributed by atoms with Crippen molar-refractivity contribution in [1.29, 1.82) is 0 Å². The normalized spacial score (nSPS) is 10.7. The van der Waals surface area contributed by atoms with Crippen LogP contribution in [0.3, 0.4) is 0 Å². The highest BCUT2D eigenvalue weighted by Crippen LogP contribution is 2.30. The molecular formula is C12H7AlBrClO. The van der Waals surface area contributed by atoms with E-state index in [0.29, 0.717) is 10.6 Å². The number of rotatable bonds is 1. The van der Waals surface area contributed by atoms with E-state index in [9.17, 15) is 4.79 Å². The van der Waals surface area contributed by atoms with E-state index in [0.717, 1.165) is 19.7 Å². The number of benzene rings is 2. The van der Waals surface area contributed by atoms with Crippen molar-refractivity contribution >= 4 is 64.8 Å². The summed E-state index contributed by atoms with van der Waals surface area (Å²) in [6, 6.07) is 7.72. The second-order valence-electron chi connectivity index (χ2n) is 3.52. The van der Waals surface area contributed by atoms with Crippen molar-refractivity contribution in [3.05, 3.63) is 39.3 Å². The zero-order valence-corrected chi connectivity index (χ0v) is 12.0. The van der Waals surface area contributed by atoms with Gasteiger partial charge < -0.3 is 0 Å². The molecule has 0 N–H and O–H groups in total. The molecule has 2 aromatic carbocycles. The smallest absolute Gasteiger partial charge is 0.180 e. The molecule has 78 valence electrons. The lowest BCUT2D eigenvalue weighted by molar-refractivity contribution is 0.101. The van der Waals surface area contributed by atoms with Gasteiger partial charge in [0.15, 0.2) is 22.1 Å². The van der Waals surface area contributed by atoms with Crippen LogP contribution < -0.4 is 4.43 Å². The Morgan fingerprint density at radius 1 is 1.31 bits per heavy atom. The highest BCUT2D eigenvalue weighted by atomic mass is 79.9. The van der Waals surface area contributed by atoms with Crippen molar-refractivity contribution in [2.45, 2.75) is 6.92 Å². The molecule has 0 fully saturated rings. The van der Waals surface area contributed by atoms with Gasteiger partial charge in [0.1, 0.15) is 0 Å². The Morgan fingerprint density at radius 3 is 2.44 bits per heavy atom. The van der Waals surface area contributed by atoms with Gasteiger partial charge in [-0.1, -0.05) is 51.8 Å². The largest absolute Gasteiger partial charge is 0.294 e. The molecule has 0 aliphatic rings. The van der Waals surface area contributed by atoms with Crippen LogP contribution in [0.4, 0.5) is 0 Å². The van der Waals surface area contributed by atoms with Gasteiger partial charge in [-0.05, 0) is 17.7 Å². The fourth-order valence-electron chi connectivity index (χ4n) is 1.73. The predicted octanol–water partition coefficient (Wildman–Crippen LogP) is 3.25. The van der Waals surface area contributed by atoms with Crippen LogP contribution in [0.25, 0.3) is 10.8 Å². The van der Waals surface area contributed by atoms with Crippen LogP contribution in [0.2, 0.25) is 5.02 Å². The second-order valence-corrected chi connectivity index (χ2v) is 5.27. The lowest BCUT2D eigenvalue weighted by atomic mass is 10.0. The molecule has 0 saturated carbocycles. The maximum atomic E-state index is 11.6. The topological polar surface area (TPSA) is 17.1 Å². The van der Waals surface area contributed by atoms with Crippen molar-refractivity contribution in [2.24, 2.45) is 0 Å². The van der Waals surface area contributed by atoms with Gasteiger partial charge in [-0.2, -0.15) is 0 Å². The summed E-state index contributed by atoms with van der Waals surface area (Å²) in [5, 5.41) is 2.39. The van der Waals surface area contributed by atoms with Crippen molar-refractivity contribution in [3.63, 3.8) is 0 Å². The highest BCUT2D eigenvalue weighted by Gasteiger charge is 2.15. The van der Waals surface area contributed by atoms with Crippen molar-refractivity contribution in [1.82, 2.24) is 0 Å². The van der Waals surface area contributed by atoms with Crippen molar-refractivity contribution in [3.8, 4) is 0 Å². The lowest BCUT2D eigenvalue weighted by Crippen LogP contribution is -2.12. The van der Waals surface area contributed by atoms with E-state index in [4.69, 9.17) is 11.6 Å². The van der Waals surface area contributed by atoms with Gasteiger partial charge in [0.05, 0.1) is 0 Å². The minimum absolute atomic E-state index is 0.0163. The Labute approximate surface area is 115 Å². The Balaban J connectivity index is 3.04. The zero-order valence-electron chi connectivity index (χ0n) is 8.55. The first-order valence-corrected chi connectivity index (χ1v) is 6.45. The van der Waals surface area contributed by atoms with Crippen LogP contribution in [-0.2, 0) is 0 Å². The van der Waals surface area contributed by atoms with Gasteiger partial charge in [0.2, 0.25) is 0 Å². The average molecular weight is 310 g/mol. The summed E-state index contributed by atoms with van der Waals surface area (Å²) in [5.74, 6) is -0.0163. The molecule has 0 unspecified atom stereocenters. The van der Waals surface area contributed by atoms with E-state index < -0.39 is 0 Å².